The van der Waals surface area contributed by atoms with Crippen molar-refractivity contribution in [3.8, 4) is 0 Å². The van der Waals surface area contributed by atoms with Gasteiger partial charge in [0.25, 0.3) is 0 Å². The van der Waals surface area contributed by atoms with E-state index in [4.69, 9.17) is 11.6 Å². The van der Waals surface area contributed by atoms with E-state index in [0.717, 1.165) is 11.1 Å². The van der Waals surface area contributed by atoms with Crippen LogP contribution in [-0.2, 0) is 14.8 Å². The highest BCUT2D eigenvalue weighted by atomic mass is 35.5. The minimum atomic E-state index is -3.70. The first-order valence-corrected chi connectivity index (χ1v) is 10.0. The normalized spacial score (nSPS) is 28.6. The van der Waals surface area contributed by atoms with Gasteiger partial charge in [0, 0.05) is 6.54 Å². The highest BCUT2D eigenvalue weighted by Gasteiger charge is 2.72. The molecule has 0 bridgehead atoms. The number of hydrogen-bond acceptors (Lipinski definition) is 3. The Balaban J connectivity index is 1.81. The molecule has 2 fully saturated rings. The first kappa shape index (κ1) is 16.8. The fourth-order valence-corrected chi connectivity index (χ4v) is 6.07. The summed E-state index contributed by atoms with van der Waals surface area (Å²) in [5.74, 6) is -0.0112. The van der Waals surface area contributed by atoms with Crippen molar-refractivity contribution in [3.63, 3.8) is 0 Å². The van der Waals surface area contributed by atoms with Gasteiger partial charge in [-0.3, -0.25) is 4.79 Å². The third kappa shape index (κ3) is 2.45. The Hall–Kier alpha value is -1.69. The molecule has 2 aromatic rings. The summed E-state index contributed by atoms with van der Waals surface area (Å²) in [5.41, 5.74) is 1.02. The summed E-state index contributed by atoms with van der Waals surface area (Å²) in [7, 11) is -3.70. The molecule has 0 radical (unpaired) electrons. The molecule has 0 spiro atoms. The zero-order chi connectivity index (χ0) is 17.8. The average Bonchev–Trinajstić information content (AvgIpc) is 3.22. The number of fused-ring (bicyclic) bond motifs is 1. The Morgan fingerprint density at radius 1 is 1.12 bits per heavy atom. The smallest absolute Gasteiger partial charge is 0.243 e. The van der Waals surface area contributed by atoms with Gasteiger partial charge < -0.3 is 0 Å². The molecule has 1 aliphatic carbocycles. The van der Waals surface area contributed by atoms with Crippen LogP contribution in [0.15, 0.2) is 59.5 Å². The lowest BCUT2D eigenvalue weighted by Crippen LogP contribution is -2.36. The Labute approximate surface area is 152 Å². The Bertz CT molecular complexity index is 927. The van der Waals surface area contributed by atoms with Crippen molar-refractivity contribution < 1.29 is 13.2 Å². The van der Waals surface area contributed by atoms with Gasteiger partial charge in [-0.1, -0.05) is 48.0 Å². The number of aryl methyl sites for hydroxylation is 1. The van der Waals surface area contributed by atoms with Crippen molar-refractivity contribution in [1.29, 1.82) is 0 Å². The Morgan fingerprint density at radius 3 is 2.36 bits per heavy atom. The van der Waals surface area contributed by atoms with E-state index < -0.39 is 26.7 Å². The molecule has 1 saturated heterocycles. The first-order valence-electron chi connectivity index (χ1n) is 8.21. The number of benzene rings is 2. The molecule has 1 saturated carbocycles. The van der Waals surface area contributed by atoms with E-state index in [2.05, 4.69) is 0 Å². The van der Waals surface area contributed by atoms with Crippen LogP contribution in [0.2, 0.25) is 0 Å². The van der Waals surface area contributed by atoms with Crippen molar-refractivity contribution in [1.82, 2.24) is 4.31 Å². The maximum atomic E-state index is 13.2. The number of rotatable bonds is 4. The van der Waals surface area contributed by atoms with E-state index >= 15 is 0 Å². The van der Waals surface area contributed by atoms with Crippen LogP contribution in [0.25, 0.3) is 0 Å². The van der Waals surface area contributed by atoms with Gasteiger partial charge >= 0.3 is 0 Å². The van der Waals surface area contributed by atoms with Gasteiger partial charge in [-0.05, 0) is 48.6 Å². The van der Waals surface area contributed by atoms with Crippen LogP contribution in [0.1, 0.15) is 23.6 Å². The highest BCUT2D eigenvalue weighted by Crippen LogP contribution is 2.69. The maximum absolute atomic E-state index is 13.2. The van der Waals surface area contributed by atoms with Gasteiger partial charge in [0.15, 0.2) is 0 Å². The van der Waals surface area contributed by atoms with E-state index in [1.54, 1.807) is 24.3 Å². The fraction of sp³-hybridized carbons (Fsp3) is 0.316. The van der Waals surface area contributed by atoms with Gasteiger partial charge in [-0.15, -0.1) is 0 Å². The van der Waals surface area contributed by atoms with E-state index in [9.17, 15) is 13.2 Å². The van der Waals surface area contributed by atoms with Gasteiger partial charge in [-0.2, -0.15) is 4.31 Å². The van der Waals surface area contributed by atoms with Crippen LogP contribution in [0.3, 0.4) is 0 Å². The van der Waals surface area contributed by atoms with Crippen LogP contribution in [0.5, 0.6) is 0 Å². The SMILES string of the molecule is Cc1ccc(S(=O)(=O)N2CC3C[C@@]3(C(=O)Cl)[C@H]2c2ccccc2)cc1. The molecule has 3 atom stereocenters. The lowest BCUT2D eigenvalue weighted by atomic mass is 9.92. The molecule has 1 heterocycles. The average molecular weight is 376 g/mol. The van der Waals surface area contributed by atoms with Gasteiger partial charge in [0.1, 0.15) is 0 Å². The molecule has 25 heavy (non-hydrogen) atoms. The zero-order valence-electron chi connectivity index (χ0n) is 13.7. The molecule has 130 valence electrons. The molecular weight excluding hydrogens is 358 g/mol. The molecule has 2 aliphatic rings. The van der Waals surface area contributed by atoms with Gasteiger partial charge in [0.05, 0.1) is 16.4 Å². The van der Waals surface area contributed by atoms with Crippen molar-refractivity contribution >= 4 is 26.9 Å². The number of carbonyl (C=O) groups excluding carboxylic acids is 1. The van der Waals surface area contributed by atoms with Crippen LogP contribution in [0, 0.1) is 18.3 Å². The predicted molar refractivity (Wildman–Crippen MR) is 95.7 cm³/mol. The number of piperidine rings is 1. The monoisotopic (exact) mass is 375 g/mol. The number of hydrogen-bond donors (Lipinski definition) is 0. The molecule has 1 aliphatic heterocycles. The third-order valence-electron chi connectivity index (χ3n) is 5.44. The molecular formula is C19H18ClNO3S. The van der Waals surface area contributed by atoms with Crippen molar-refractivity contribution in [2.45, 2.75) is 24.3 Å². The maximum Gasteiger partial charge on any atom is 0.243 e. The van der Waals surface area contributed by atoms with Crippen molar-refractivity contribution in [2.24, 2.45) is 11.3 Å². The van der Waals surface area contributed by atoms with E-state index in [-0.39, 0.29) is 10.8 Å². The third-order valence-corrected chi connectivity index (χ3v) is 7.63. The second-order valence-electron chi connectivity index (χ2n) is 6.92. The lowest BCUT2D eigenvalue weighted by Gasteiger charge is -2.30. The van der Waals surface area contributed by atoms with Crippen LogP contribution in [0.4, 0.5) is 0 Å². The molecule has 6 heteroatoms. The van der Waals surface area contributed by atoms with Gasteiger partial charge in [0.2, 0.25) is 15.3 Å². The molecule has 0 N–H and O–H groups in total. The standard InChI is InChI=1S/C19H18ClNO3S/c1-13-7-9-16(10-8-13)25(23,24)21-12-15-11-19(15,18(20)22)17(21)14-5-3-2-4-6-14/h2-10,15,17H,11-12H2,1H3/t15?,17-,19+/m1/s1. The summed E-state index contributed by atoms with van der Waals surface area (Å²) >= 11 is 5.93. The van der Waals surface area contributed by atoms with Crippen molar-refractivity contribution in [2.75, 3.05) is 6.54 Å². The zero-order valence-corrected chi connectivity index (χ0v) is 15.3. The topological polar surface area (TPSA) is 54.5 Å². The molecule has 4 rings (SSSR count). The van der Waals surface area contributed by atoms with Crippen LogP contribution < -0.4 is 0 Å². The number of halogens is 1. The molecule has 4 nitrogen and oxygen atoms in total. The van der Waals surface area contributed by atoms with Gasteiger partial charge in [-0.25, -0.2) is 8.42 Å². The quantitative estimate of drug-likeness (QED) is 0.768. The van der Waals surface area contributed by atoms with Crippen LogP contribution in [-0.4, -0.2) is 24.5 Å². The largest absolute Gasteiger partial charge is 0.281 e. The summed E-state index contributed by atoms with van der Waals surface area (Å²) in [4.78, 5) is 12.4. The minimum absolute atomic E-state index is 0.0112. The summed E-state index contributed by atoms with van der Waals surface area (Å²) in [6.07, 6.45) is 0.648. The molecule has 0 amide bonds. The van der Waals surface area contributed by atoms with E-state index in [1.807, 2.05) is 37.3 Å². The Kier molecular flexibility index (Phi) is 3.79. The summed E-state index contributed by atoms with van der Waals surface area (Å²) in [6.45, 7) is 2.24. The summed E-state index contributed by atoms with van der Waals surface area (Å²) < 4.78 is 27.9. The van der Waals surface area contributed by atoms with Crippen molar-refractivity contribution in [3.05, 3.63) is 65.7 Å². The summed E-state index contributed by atoms with van der Waals surface area (Å²) in [6, 6.07) is 15.6. The lowest BCUT2D eigenvalue weighted by molar-refractivity contribution is -0.117. The second kappa shape index (κ2) is 5.66. The number of carbonyl (C=O) groups is 1. The number of sulfonamides is 1. The molecule has 1 unspecified atom stereocenters. The van der Waals surface area contributed by atoms with Crippen LogP contribution >= 0.6 is 11.6 Å². The minimum Gasteiger partial charge on any atom is -0.281 e. The predicted octanol–water partition coefficient (Wildman–Crippen LogP) is 3.51. The Morgan fingerprint density at radius 2 is 1.76 bits per heavy atom. The van der Waals surface area contributed by atoms with E-state index in [1.165, 1.54) is 4.31 Å². The fourth-order valence-electron chi connectivity index (χ4n) is 4.02. The highest BCUT2D eigenvalue weighted by molar-refractivity contribution is 7.89. The first-order chi connectivity index (χ1) is 11.9. The number of nitrogens with zero attached hydrogens (tertiary/aromatic N) is 1. The molecule has 2 aromatic carbocycles. The molecule has 0 aromatic heterocycles. The second-order valence-corrected chi connectivity index (χ2v) is 9.15. The summed E-state index contributed by atoms with van der Waals surface area (Å²) in [5, 5.41) is -0.437. The van der Waals surface area contributed by atoms with E-state index in [0.29, 0.717) is 13.0 Å².